The molecule has 7 aromatic carbocycles. The van der Waals surface area contributed by atoms with Crippen molar-refractivity contribution in [3.63, 3.8) is 0 Å². The lowest BCUT2D eigenvalue weighted by Gasteiger charge is -2.40. The molecule has 3 heterocycles. The molecule has 5 heteroatoms. The first-order valence-corrected chi connectivity index (χ1v) is 22.9. The van der Waals surface area contributed by atoms with E-state index >= 15 is 0 Å². The highest BCUT2D eigenvalue weighted by Crippen LogP contribution is 2.61. The highest BCUT2D eigenvalue weighted by molar-refractivity contribution is 6.09. The van der Waals surface area contributed by atoms with E-state index in [4.69, 9.17) is 14.2 Å². The summed E-state index contributed by atoms with van der Waals surface area (Å²) in [5, 5.41) is 4.99. The molecule has 1 unspecified atom stereocenters. The zero-order chi connectivity index (χ0) is 41.8. The van der Waals surface area contributed by atoms with Crippen LogP contribution in [0.25, 0.3) is 49.9 Å². The molecule has 2 fully saturated rings. The van der Waals surface area contributed by atoms with Crippen LogP contribution in [0, 0.1) is 0 Å². The quantitative estimate of drug-likeness (QED) is 0.167. The Labute approximate surface area is 365 Å². The van der Waals surface area contributed by atoms with Gasteiger partial charge in [0.05, 0.1) is 26.4 Å². The van der Waals surface area contributed by atoms with Crippen molar-refractivity contribution >= 4 is 39.0 Å². The molecular formula is C57H54N2O3. The van der Waals surface area contributed by atoms with E-state index in [0.717, 1.165) is 82.3 Å². The Balaban J connectivity index is 1.10. The molecule has 62 heavy (non-hydrogen) atoms. The van der Waals surface area contributed by atoms with Gasteiger partial charge >= 0.3 is 0 Å². The van der Waals surface area contributed by atoms with Crippen molar-refractivity contribution in [2.24, 2.45) is 0 Å². The van der Waals surface area contributed by atoms with Crippen molar-refractivity contribution in [2.75, 3.05) is 62.4 Å². The highest BCUT2D eigenvalue weighted by atomic mass is 16.5. The van der Waals surface area contributed by atoms with Crippen LogP contribution in [0.3, 0.4) is 0 Å². The fourth-order valence-corrected chi connectivity index (χ4v) is 12.0. The van der Waals surface area contributed by atoms with Crippen molar-refractivity contribution in [3.05, 3.63) is 166 Å². The summed E-state index contributed by atoms with van der Waals surface area (Å²) in [5.74, 6) is 0.974. The van der Waals surface area contributed by atoms with Crippen LogP contribution in [0.1, 0.15) is 79.5 Å². The molecule has 310 valence electrons. The molecule has 2 saturated heterocycles. The smallest absolute Gasteiger partial charge is 0.178 e. The average molecular weight is 815 g/mol. The molecule has 5 aliphatic rings. The highest BCUT2D eigenvalue weighted by Gasteiger charge is 2.47. The number of fused-ring (bicyclic) bond motifs is 12. The summed E-state index contributed by atoms with van der Waals surface area (Å²) >= 11 is 0. The number of nitrogens with zero attached hydrogens (tertiary/aromatic N) is 2. The third kappa shape index (κ3) is 5.34. The van der Waals surface area contributed by atoms with Gasteiger partial charge in [-0.1, -0.05) is 113 Å². The Morgan fingerprint density at radius 2 is 1.18 bits per heavy atom. The van der Waals surface area contributed by atoms with E-state index in [2.05, 4.69) is 171 Å². The van der Waals surface area contributed by atoms with Crippen LogP contribution in [0.5, 0.6) is 5.75 Å². The lowest BCUT2D eigenvalue weighted by atomic mass is 9.71. The molecule has 0 aromatic heterocycles. The second-order valence-corrected chi connectivity index (χ2v) is 18.6. The van der Waals surface area contributed by atoms with Gasteiger partial charge in [0.2, 0.25) is 0 Å². The van der Waals surface area contributed by atoms with Crippen LogP contribution in [0.2, 0.25) is 0 Å². The van der Waals surface area contributed by atoms with Gasteiger partial charge in [-0.25, -0.2) is 0 Å². The molecule has 0 radical (unpaired) electrons. The zero-order valence-corrected chi connectivity index (χ0v) is 36.4. The number of ether oxygens (including phenoxy) is 3. The molecule has 0 saturated carbocycles. The van der Waals surface area contributed by atoms with Crippen molar-refractivity contribution < 1.29 is 14.2 Å². The molecule has 3 aliphatic heterocycles. The van der Waals surface area contributed by atoms with E-state index in [0.29, 0.717) is 0 Å². The maximum absolute atomic E-state index is 8.04. The number of rotatable bonds is 6. The fourth-order valence-electron chi connectivity index (χ4n) is 12.0. The van der Waals surface area contributed by atoms with E-state index < -0.39 is 5.60 Å². The van der Waals surface area contributed by atoms with Gasteiger partial charge in [-0.05, 0) is 122 Å². The topological polar surface area (TPSA) is 34.2 Å². The predicted molar refractivity (Wildman–Crippen MR) is 255 cm³/mol. The lowest BCUT2D eigenvalue weighted by molar-refractivity contribution is 0.122. The molecule has 7 aromatic rings. The molecule has 12 rings (SSSR count). The van der Waals surface area contributed by atoms with Gasteiger partial charge in [0.15, 0.2) is 5.60 Å². The van der Waals surface area contributed by atoms with E-state index in [9.17, 15) is 0 Å². The molecule has 0 spiro atoms. The van der Waals surface area contributed by atoms with Gasteiger partial charge in [0, 0.05) is 70.5 Å². The van der Waals surface area contributed by atoms with Gasteiger partial charge in [0.1, 0.15) is 5.75 Å². The van der Waals surface area contributed by atoms with E-state index in [-0.39, 0.29) is 10.8 Å². The minimum atomic E-state index is -0.899. The van der Waals surface area contributed by atoms with Crippen molar-refractivity contribution in [2.45, 2.75) is 57.0 Å². The summed E-state index contributed by atoms with van der Waals surface area (Å²) in [6.07, 6.45) is 6.85. The van der Waals surface area contributed by atoms with Crippen LogP contribution in [-0.2, 0) is 25.9 Å². The first-order valence-electron chi connectivity index (χ1n) is 22.9. The molecule has 5 nitrogen and oxygen atoms in total. The molecule has 0 bridgehead atoms. The summed E-state index contributed by atoms with van der Waals surface area (Å²) in [4.78, 5) is 4.90. The monoisotopic (exact) mass is 814 g/mol. The number of morpholine rings is 2. The van der Waals surface area contributed by atoms with Crippen LogP contribution < -0.4 is 14.5 Å². The Bertz CT molecular complexity index is 2970. The summed E-state index contributed by atoms with van der Waals surface area (Å²) in [7, 11) is 0. The van der Waals surface area contributed by atoms with Crippen LogP contribution in [-0.4, -0.2) is 52.6 Å². The number of benzene rings is 7. The zero-order valence-electron chi connectivity index (χ0n) is 36.4. The summed E-state index contributed by atoms with van der Waals surface area (Å²) in [5.41, 5.74) is 15.6. The predicted octanol–water partition coefficient (Wildman–Crippen LogP) is 12.4. The van der Waals surface area contributed by atoms with Crippen LogP contribution >= 0.6 is 0 Å². The van der Waals surface area contributed by atoms with Crippen molar-refractivity contribution in [1.82, 2.24) is 0 Å². The van der Waals surface area contributed by atoms with Gasteiger partial charge in [-0.15, -0.1) is 0 Å². The van der Waals surface area contributed by atoms with Crippen LogP contribution in [0.4, 0.5) is 11.4 Å². The minimum Gasteiger partial charge on any atom is -0.472 e. The van der Waals surface area contributed by atoms with Crippen molar-refractivity contribution in [1.29, 1.82) is 0 Å². The van der Waals surface area contributed by atoms with Crippen molar-refractivity contribution in [3.8, 4) is 28.0 Å². The summed E-state index contributed by atoms with van der Waals surface area (Å²) in [6.45, 7) is 16.0. The number of hydrogen-bond acceptors (Lipinski definition) is 5. The molecule has 0 N–H and O–H groups in total. The first-order chi connectivity index (χ1) is 30.3. The van der Waals surface area contributed by atoms with Gasteiger partial charge in [-0.3, -0.25) is 0 Å². The number of hydrogen-bond donors (Lipinski definition) is 0. The SMILES string of the molecule is CCC1(CC)c2ccccc2-c2c1c1c(c3cc(N4CCOCC4)ccc23)OC(c2ccc(N3CCOCC3)cc2)(c2ccc3c(c2)C(C)(C)c2cc4ccccc4cc2-3)C=C1. The van der Waals surface area contributed by atoms with E-state index in [1.54, 1.807) is 0 Å². The summed E-state index contributed by atoms with van der Waals surface area (Å²) < 4.78 is 19.6. The minimum absolute atomic E-state index is 0.131. The normalized spacial score (nSPS) is 20.4. The fraction of sp³-hybridized carbons (Fsp3) is 0.298. The second-order valence-electron chi connectivity index (χ2n) is 18.6. The maximum atomic E-state index is 8.04. The van der Waals surface area contributed by atoms with E-state index in [1.807, 2.05) is 0 Å². The molecular weight excluding hydrogens is 761 g/mol. The lowest BCUT2D eigenvalue weighted by Crippen LogP contribution is -2.37. The first kappa shape index (κ1) is 37.8. The Hall–Kier alpha value is -5.88. The third-order valence-corrected chi connectivity index (χ3v) is 15.4. The van der Waals surface area contributed by atoms with E-state index in [1.165, 1.54) is 83.0 Å². The van der Waals surface area contributed by atoms with Gasteiger partial charge in [-0.2, -0.15) is 0 Å². The van der Waals surface area contributed by atoms with Gasteiger partial charge < -0.3 is 24.0 Å². The second kappa shape index (κ2) is 14.1. The number of anilines is 2. The largest absolute Gasteiger partial charge is 0.472 e. The Morgan fingerprint density at radius 1 is 0.548 bits per heavy atom. The third-order valence-electron chi connectivity index (χ3n) is 15.4. The average Bonchev–Trinajstić information content (AvgIpc) is 3.75. The van der Waals surface area contributed by atoms with Gasteiger partial charge in [0.25, 0.3) is 0 Å². The maximum Gasteiger partial charge on any atom is 0.178 e. The van der Waals surface area contributed by atoms with Crippen LogP contribution in [0.15, 0.2) is 127 Å². The standard InChI is InChI=1S/C57H54N2O3/c1-5-56(6-2)49-14-10-9-13-45(49)52-44-22-20-42(59-27-31-61-32-28-59)36-48(44)54-46(53(52)56)23-24-57(62-54,39-15-18-41(19-16-39)58-25-29-60-30-26-58)40-17-21-43-47-33-37-11-7-8-12-38(37)34-50(47)55(3,4)51(43)35-40/h7-24,33-36H,5-6,25-32H2,1-4H3. The molecule has 2 aliphatic carbocycles. The molecule has 1 atom stereocenters. The molecule has 0 amide bonds. The Kier molecular flexibility index (Phi) is 8.59. The Morgan fingerprint density at radius 3 is 1.90 bits per heavy atom. The summed E-state index contributed by atoms with van der Waals surface area (Å²) in [6, 6.07) is 46.3.